The summed E-state index contributed by atoms with van der Waals surface area (Å²) in [5.41, 5.74) is 0. The van der Waals surface area contributed by atoms with E-state index in [-0.39, 0.29) is 18.4 Å². The van der Waals surface area contributed by atoms with Crippen LogP contribution in [0.15, 0.2) is 0 Å². The predicted octanol–water partition coefficient (Wildman–Crippen LogP) is 1.37. The van der Waals surface area contributed by atoms with Gasteiger partial charge >= 0.3 is 12.1 Å². The molecule has 5 nitrogen and oxygen atoms in total. The van der Waals surface area contributed by atoms with Crippen molar-refractivity contribution in [1.82, 2.24) is 4.90 Å². The Hall–Kier alpha value is -0.530. The third kappa shape index (κ3) is 2.73. The minimum absolute atomic E-state index is 0.0597. The lowest BCUT2D eigenvalue weighted by atomic mass is 9.86. The Bertz CT molecular complexity index is 271. The van der Waals surface area contributed by atoms with Crippen molar-refractivity contribution in [3.8, 4) is 0 Å². The van der Waals surface area contributed by atoms with Crippen molar-refractivity contribution in [2.75, 3.05) is 17.5 Å². The molecular formula is C9H14INO4. The first-order valence-corrected chi connectivity index (χ1v) is 6.26. The Morgan fingerprint density at radius 2 is 2.07 bits per heavy atom. The van der Waals surface area contributed by atoms with Gasteiger partial charge in [0.05, 0.1) is 5.92 Å². The van der Waals surface area contributed by atoms with Gasteiger partial charge in [0, 0.05) is 17.5 Å². The van der Waals surface area contributed by atoms with E-state index in [9.17, 15) is 9.59 Å². The Kier molecular flexibility index (Phi) is 4.18. The normalized spacial score (nSPS) is 27.7. The van der Waals surface area contributed by atoms with Crippen LogP contribution < -0.4 is 0 Å². The molecule has 86 valence electrons. The summed E-state index contributed by atoms with van der Waals surface area (Å²) in [7, 11) is 0. The monoisotopic (exact) mass is 327 g/mol. The molecule has 0 radical (unpaired) electrons. The number of alkyl halides is 1. The zero-order valence-corrected chi connectivity index (χ0v) is 10.5. The first-order chi connectivity index (χ1) is 6.97. The summed E-state index contributed by atoms with van der Waals surface area (Å²) in [6.07, 6.45) is -1.02. The van der Waals surface area contributed by atoms with Gasteiger partial charge in [-0.15, -0.1) is 0 Å². The van der Waals surface area contributed by atoms with E-state index < -0.39 is 18.0 Å². The molecule has 1 heterocycles. The van der Waals surface area contributed by atoms with E-state index in [0.717, 1.165) is 4.43 Å². The number of aliphatic carboxylic acids is 1. The van der Waals surface area contributed by atoms with Crippen LogP contribution in [-0.2, 0) is 4.79 Å². The maximum atomic E-state index is 11.0. The maximum Gasteiger partial charge on any atom is 0.407 e. The number of halogens is 1. The second-order valence-corrected chi connectivity index (χ2v) is 4.81. The summed E-state index contributed by atoms with van der Waals surface area (Å²) in [5, 5.41) is 17.8. The van der Waals surface area contributed by atoms with E-state index >= 15 is 0 Å². The molecule has 0 aliphatic carbocycles. The van der Waals surface area contributed by atoms with Gasteiger partial charge in [0.2, 0.25) is 0 Å². The van der Waals surface area contributed by atoms with Crippen molar-refractivity contribution in [2.24, 2.45) is 17.8 Å². The van der Waals surface area contributed by atoms with Crippen molar-refractivity contribution in [3.05, 3.63) is 0 Å². The Labute approximate surface area is 102 Å². The maximum absolute atomic E-state index is 11.0. The number of amides is 1. The molecule has 3 atom stereocenters. The van der Waals surface area contributed by atoms with Gasteiger partial charge in [-0.1, -0.05) is 29.5 Å². The summed E-state index contributed by atoms with van der Waals surface area (Å²) in [6, 6.07) is 0. The molecule has 0 spiro atoms. The molecule has 1 saturated heterocycles. The summed E-state index contributed by atoms with van der Waals surface area (Å²) in [6.45, 7) is 2.44. The highest BCUT2D eigenvalue weighted by Gasteiger charge is 2.41. The fraction of sp³-hybridized carbons (Fsp3) is 0.778. The van der Waals surface area contributed by atoms with Crippen molar-refractivity contribution >= 4 is 34.7 Å². The van der Waals surface area contributed by atoms with E-state index in [1.54, 1.807) is 0 Å². The van der Waals surface area contributed by atoms with Crippen molar-refractivity contribution in [1.29, 1.82) is 0 Å². The largest absolute Gasteiger partial charge is 0.481 e. The molecule has 15 heavy (non-hydrogen) atoms. The summed E-state index contributed by atoms with van der Waals surface area (Å²) >= 11 is 2.20. The first kappa shape index (κ1) is 12.5. The van der Waals surface area contributed by atoms with Gasteiger partial charge in [-0.25, -0.2) is 4.79 Å². The fourth-order valence-electron chi connectivity index (χ4n) is 1.94. The van der Waals surface area contributed by atoms with Crippen LogP contribution >= 0.6 is 22.6 Å². The SMILES string of the molecule is C[C@@H](CI)C1CN(C(=O)O)CC1C(=O)O. The van der Waals surface area contributed by atoms with Gasteiger partial charge in [-0.3, -0.25) is 4.79 Å². The molecule has 6 heteroatoms. The second kappa shape index (κ2) is 5.00. The van der Waals surface area contributed by atoms with Crippen molar-refractivity contribution < 1.29 is 19.8 Å². The lowest BCUT2D eigenvalue weighted by molar-refractivity contribution is -0.142. The number of carboxylic acids is 1. The highest BCUT2D eigenvalue weighted by atomic mass is 127. The van der Waals surface area contributed by atoms with Crippen LogP contribution in [0.3, 0.4) is 0 Å². The van der Waals surface area contributed by atoms with Gasteiger partial charge in [0.1, 0.15) is 0 Å². The molecule has 1 amide bonds. The van der Waals surface area contributed by atoms with Crippen LogP contribution in [0.5, 0.6) is 0 Å². The lowest BCUT2D eigenvalue weighted by Crippen LogP contribution is -2.28. The average molecular weight is 327 g/mol. The van der Waals surface area contributed by atoms with E-state index in [4.69, 9.17) is 10.2 Å². The number of hydrogen-bond donors (Lipinski definition) is 2. The highest BCUT2D eigenvalue weighted by molar-refractivity contribution is 14.1. The third-order valence-electron chi connectivity index (χ3n) is 2.93. The zero-order chi connectivity index (χ0) is 11.6. The number of hydrogen-bond acceptors (Lipinski definition) is 2. The van der Waals surface area contributed by atoms with Gasteiger partial charge in [-0.2, -0.15) is 0 Å². The third-order valence-corrected chi connectivity index (χ3v) is 4.32. The van der Waals surface area contributed by atoms with Crippen LogP contribution in [0.25, 0.3) is 0 Å². The molecule has 1 rings (SSSR count). The molecule has 0 aromatic heterocycles. The molecular weight excluding hydrogens is 313 g/mol. The molecule has 0 saturated carbocycles. The molecule has 2 unspecified atom stereocenters. The zero-order valence-electron chi connectivity index (χ0n) is 8.39. The second-order valence-electron chi connectivity index (χ2n) is 3.93. The standard InChI is InChI=1S/C9H14INO4/c1-5(2-10)6-3-11(9(14)15)4-7(6)8(12)13/h5-7H,2-4H2,1H3,(H,12,13)(H,14,15)/t5-,6?,7?/m0/s1. The minimum Gasteiger partial charge on any atom is -0.481 e. The fourth-order valence-corrected chi connectivity index (χ4v) is 2.59. The molecule has 2 N–H and O–H groups in total. The number of carboxylic acid groups (broad SMARTS) is 2. The van der Waals surface area contributed by atoms with Crippen LogP contribution in [0.1, 0.15) is 6.92 Å². The summed E-state index contributed by atoms with van der Waals surface area (Å²) in [4.78, 5) is 22.9. The van der Waals surface area contributed by atoms with Crippen LogP contribution in [0.2, 0.25) is 0 Å². The smallest absolute Gasteiger partial charge is 0.407 e. The molecule has 1 aliphatic rings. The van der Waals surface area contributed by atoms with E-state index in [1.165, 1.54) is 4.90 Å². The van der Waals surface area contributed by atoms with E-state index in [1.807, 2.05) is 6.92 Å². The topological polar surface area (TPSA) is 77.8 Å². The summed E-state index contributed by atoms with van der Waals surface area (Å²) in [5.74, 6) is -1.27. The molecule has 0 aromatic rings. The van der Waals surface area contributed by atoms with Crippen molar-refractivity contribution in [3.63, 3.8) is 0 Å². The highest BCUT2D eigenvalue weighted by Crippen LogP contribution is 2.31. The lowest BCUT2D eigenvalue weighted by Gasteiger charge is -2.19. The first-order valence-electron chi connectivity index (χ1n) is 4.74. The molecule has 0 aromatic carbocycles. The Morgan fingerprint density at radius 3 is 2.47 bits per heavy atom. The molecule has 1 aliphatic heterocycles. The van der Waals surface area contributed by atoms with Crippen molar-refractivity contribution in [2.45, 2.75) is 6.92 Å². The van der Waals surface area contributed by atoms with E-state index in [0.29, 0.717) is 6.54 Å². The Morgan fingerprint density at radius 1 is 1.47 bits per heavy atom. The van der Waals surface area contributed by atoms with Crippen LogP contribution in [0.4, 0.5) is 4.79 Å². The van der Waals surface area contributed by atoms with E-state index in [2.05, 4.69) is 22.6 Å². The van der Waals surface area contributed by atoms with Crippen LogP contribution in [-0.4, -0.2) is 44.7 Å². The number of likely N-dealkylation sites (tertiary alicyclic amines) is 1. The minimum atomic E-state index is -1.02. The summed E-state index contributed by atoms with van der Waals surface area (Å²) < 4.78 is 0.847. The quantitative estimate of drug-likeness (QED) is 0.606. The van der Waals surface area contributed by atoms with Crippen LogP contribution in [0, 0.1) is 17.8 Å². The van der Waals surface area contributed by atoms with Gasteiger partial charge in [0.15, 0.2) is 0 Å². The predicted molar refractivity (Wildman–Crippen MR) is 62.3 cm³/mol. The molecule has 1 fully saturated rings. The van der Waals surface area contributed by atoms with Gasteiger partial charge in [-0.05, 0) is 11.8 Å². The number of nitrogens with zero attached hydrogens (tertiary/aromatic N) is 1. The van der Waals surface area contributed by atoms with Gasteiger partial charge < -0.3 is 15.1 Å². The number of rotatable bonds is 3. The number of carbonyl (C=O) groups is 2. The average Bonchev–Trinajstić information content (AvgIpc) is 2.61. The molecule has 0 bridgehead atoms. The van der Waals surface area contributed by atoms with Gasteiger partial charge in [0.25, 0.3) is 0 Å². The Balaban J connectivity index is 2.76.